The van der Waals surface area contributed by atoms with E-state index in [0.29, 0.717) is 23.9 Å². The van der Waals surface area contributed by atoms with Gasteiger partial charge in [0.25, 0.3) is 0 Å². The summed E-state index contributed by atoms with van der Waals surface area (Å²) in [4.78, 5) is 11.3. The molecule has 8 heteroatoms. The molecule has 1 N–H and O–H groups in total. The van der Waals surface area contributed by atoms with Gasteiger partial charge in [0.15, 0.2) is 11.5 Å². The second-order valence-electron chi connectivity index (χ2n) is 8.10. The van der Waals surface area contributed by atoms with Gasteiger partial charge in [-0.15, -0.1) is 0 Å². The molecule has 0 saturated carbocycles. The van der Waals surface area contributed by atoms with Crippen LogP contribution in [0.5, 0.6) is 17.2 Å². The van der Waals surface area contributed by atoms with E-state index in [2.05, 4.69) is 43.2 Å². The number of methoxy groups -OCH3 is 2. The monoisotopic (exact) mass is 500 g/mol. The Morgan fingerprint density at radius 2 is 1.88 bits per heavy atom. The molecule has 0 amide bonds. The van der Waals surface area contributed by atoms with Crippen molar-refractivity contribution in [1.29, 1.82) is 0 Å². The third-order valence-corrected chi connectivity index (χ3v) is 6.66. The van der Waals surface area contributed by atoms with Gasteiger partial charge in [-0.05, 0) is 79.4 Å². The number of fused-ring (bicyclic) bond motifs is 1. The summed E-state index contributed by atoms with van der Waals surface area (Å²) in [7, 11) is 5.48. The smallest absolute Gasteiger partial charge is 0.163 e. The van der Waals surface area contributed by atoms with Gasteiger partial charge in [-0.1, -0.05) is 0 Å². The molecule has 0 unspecified atom stereocenters. The quantitative estimate of drug-likeness (QED) is 0.452. The number of benzene rings is 2. The Morgan fingerprint density at radius 1 is 1.06 bits per heavy atom. The summed E-state index contributed by atoms with van der Waals surface area (Å²) in [5.41, 5.74) is 1.64. The van der Waals surface area contributed by atoms with Gasteiger partial charge >= 0.3 is 0 Å². The van der Waals surface area contributed by atoms with Gasteiger partial charge in [-0.25, -0.2) is 9.97 Å². The highest BCUT2D eigenvalue weighted by molar-refractivity contribution is 9.10. The number of likely N-dealkylation sites (tertiary alicyclic amines) is 1. The van der Waals surface area contributed by atoms with Crippen LogP contribution in [0.4, 0.5) is 11.5 Å². The van der Waals surface area contributed by atoms with E-state index in [1.54, 1.807) is 20.5 Å². The van der Waals surface area contributed by atoms with Gasteiger partial charge in [0.1, 0.15) is 17.9 Å². The maximum atomic E-state index is 6.13. The van der Waals surface area contributed by atoms with Crippen LogP contribution in [0.3, 0.4) is 0 Å². The lowest BCUT2D eigenvalue weighted by Gasteiger charge is -2.28. The first kappa shape index (κ1) is 22.6. The predicted molar refractivity (Wildman–Crippen MR) is 130 cm³/mol. The minimum atomic E-state index is 0.670. The first-order valence-corrected chi connectivity index (χ1v) is 11.6. The van der Waals surface area contributed by atoms with Crippen LogP contribution in [0.1, 0.15) is 19.3 Å². The number of nitrogens with one attached hydrogen (secondary N) is 1. The first-order chi connectivity index (χ1) is 15.6. The van der Waals surface area contributed by atoms with Gasteiger partial charge in [0, 0.05) is 22.0 Å². The van der Waals surface area contributed by atoms with Crippen molar-refractivity contribution < 1.29 is 14.2 Å². The SMILES string of the molecule is COc1ccc(Br)c(Nc2ncnc3cc(OCCC4CCN(C)CC4)c(OC)cc23)c1. The molecule has 0 atom stereocenters. The number of ether oxygens (including phenoxy) is 3. The van der Waals surface area contributed by atoms with Crippen molar-refractivity contribution in [1.82, 2.24) is 14.9 Å². The molecule has 0 radical (unpaired) electrons. The zero-order chi connectivity index (χ0) is 22.5. The lowest BCUT2D eigenvalue weighted by molar-refractivity contribution is 0.186. The molecule has 1 aliphatic rings. The number of hydrogen-bond acceptors (Lipinski definition) is 7. The van der Waals surface area contributed by atoms with Crippen molar-refractivity contribution in [3.8, 4) is 17.2 Å². The summed E-state index contributed by atoms with van der Waals surface area (Å²) in [5.74, 6) is 3.53. The van der Waals surface area contributed by atoms with E-state index < -0.39 is 0 Å². The normalized spacial score (nSPS) is 15.0. The molecule has 2 heterocycles. The third-order valence-electron chi connectivity index (χ3n) is 5.97. The summed E-state index contributed by atoms with van der Waals surface area (Å²) >= 11 is 3.58. The number of rotatable bonds is 8. The molecule has 4 rings (SSSR count). The van der Waals surface area contributed by atoms with Crippen molar-refractivity contribution in [2.75, 3.05) is 46.3 Å². The Kier molecular flexibility index (Phi) is 7.32. The molecule has 0 spiro atoms. The first-order valence-electron chi connectivity index (χ1n) is 10.8. The van der Waals surface area contributed by atoms with E-state index in [9.17, 15) is 0 Å². The average molecular weight is 501 g/mol. The number of aromatic nitrogens is 2. The molecular formula is C24H29BrN4O3. The van der Waals surface area contributed by atoms with Crippen LogP contribution >= 0.6 is 15.9 Å². The molecule has 1 fully saturated rings. The predicted octanol–water partition coefficient (Wildman–Crippen LogP) is 5.26. The van der Waals surface area contributed by atoms with Crippen molar-refractivity contribution in [3.63, 3.8) is 0 Å². The summed E-state index contributed by atoms with van der Waals surface area (Å²) in [5, 5.41) is 4.22. The fourth-order valence-corrected chi connectivity index (χ4v) is 4.32. The van der Waals surface area contributed by atoms with Crippen molar-refractivity contribution in [2.45, 2.75) is 19.3 Å². The topological polar surface area (TPSA) is 68.7 Å². The maximum absolute atomic E-state index is 6.13. The van der Waals surface area contributed by atoms with Gasteiger partial charge in [0.2, 0.25) is 0 Å². The Bertz CT molecular complexity index is 1070. The van der Waals surface area contributed by atoms with E-state index in [4.69, 9.17) is 14.2 Å². The molecule has 1 aromatic heterocycles. The van der Waals surface area contributed by atoms with Gasteiger partial charge < -0.3 is 24.4 Å². The number of piperidine rings is 1. The minimum absolute atomic E-state index is 0.670. The molecule has 7 nitrogen and oxygen atoms in total. The van der Waals surface area contributed by atoms with Crippen LogP contribution in [-0.4, -0.2) is 55.8 Å². The number of anilines is 2. The average Bonchev–Trinajstić information content (AvgIpc) is 2.81. The molecule has 1 aliphatic heterocycles. The van der Waals surface area contributed by atoms with Gasteiger partial charge in [-0.3, -0.25) is 0 Å². The second-order valence-corrected chi connectivity index (χ2v) is 8.95. The zero-order valence-electron chi connectivity index (χ0n) is 18.7. The zero-order valence-corrected chi connectivity index (χ0v) is 20.3. The molecule has 170 valence electrons. The lowest BCUT2D eigenvalue weighted by Crippen LogP contribution is -2.30. The Hall–Kier alpha value is -2.58. The standard InChI is InChI=1S/C24H29BrN4O3/c1-29-9-6-16(7-10-29)8-11-32-23-14-20-18(13-22(23)31-3)24(27-15-26-20)28-21-12-17(30-2)4-5-19(21)25/h4-5,12-16H,6-11H2,1-3H3,(H,26,27,28). The molecule has 3 aromatic rings. The Morgan fingerprint density at radius 3 is 2.62 bits per heavy atom. The lowest BCUT2D eigenvalue weighted by atomic mass is 9.94. The highest BCUT2D eigenvalue weighted by atomic mass is 79.9. The number of nitrogens with zero attached hydrogens (tertiary/aromatic N) is 3. The van der Waals surface area contributed by atoms with Crippen LogP contribution < -0.4 is 19.5 Å². The Balaban J connectivity index is 1.53. The summed E-state index contributed by atoms with van der Waals surface area (Å²) in [6.07, 6.45) is 5.07. The van der Waals surface area contributed by atoms with Crippen LogP contribution in [0, 0.1) is 5.92 Å². The van der Waals surface area contributed by atoms with Crippen LogP contribution in [-0.2, 0) is 0 Å². The van der Waals surface area contributed by atoms with E-state index in [1.165, 1.54) is 25.9 Å². The summed E-state index contributed by atoms with van der Waals surface area (Å²) in [6.45, 7) is 3.00. The van der Waals surface area contributed by atoms with E-state index in [1.807, 2.05) is 30.3 Å². The molecule has 0 bridgehead atoms. The summed E-state index contributed by atoms with van der Waals surface area (Å²) < 4.78 is 18.0. The highest BCUT2D eigenvalue weighted by Gasteiger charge is 2.18. The van der Waals surface area contributed by atoms with E-state index >= 15 is 0 Å². The second kappa shape index (κ2) is 10.4. The van der Waals surface area contributed by atoms with Crippen LogP contribution in [0.25, 0.3) is 10.9 Å². The van der Waals surface area contributed by atoms with Gasteiger partial charge in [-0.2, -0.15) is 0 Å². The number of halogens is 1. The molecule has 1 saturated heterocycles. The van der Waals surface area contributed by atoms with Crippen LogP contribution in [0.15, 0.2) is 41.1 Å². The molecular weight excluding hydrogens is 472 g/mol. The van der Waals surface area contributed by atoms with Crippen molar-refractivity contribution >= 4 is 38.3 Å². The van der Waals surface area contributed by atoms with E-state index in [-0.39, 0.29) is 0 Å². The number of hydrogen-bond donors (Lipinski definition) is 1. The van der Waals surface area contributed by atoms with Crippen molar-refractivity contribution in [3.05, 3.63) is 41.1 Å². The summed E-state index contributed by atoms with van der Waals surface area (Å²) in [6, 6.07) is 9.59. The minimum Gasteiger partial charge on any atom is -0.497 e. The highest BCUT2D eigenvalue weighted by Crippen LogP contribution is 2.36. The molecule has 2 aromatic carbocycles. The fourth-order valence-electron chi connectivity index (χ4n) is 3.98. The van der Waals surface area contributed by atoms with Gasteiger partial charge in [0.05, 0.1) is 32.0 Å². The maximum Gasteiger partial charge on any atom is 0.163 e. The molecule has 32 heavy (non-hydrogen) atoms. The molecule has 0 aliphatic carbocycles. The Labute approximate surface area is 197 Å². The largest absolute Gasteiger partial charge is 0.497 e. The fraction of sp³-hybridized carbons (Fsp3) is 0.417. The van der Waals surface area contributed by atoms with Crippen LogP contribution in [0.2, 0.25) is 0 Å². The third kappa shape index (κ3) is 5.24. The van der Waals surface area contributed by atoms with Crippen molar-refractivity contribution in [2.24, 2.45) is 5.92 Å². The van der Waals surface area contributed by atoms with E-state index in [0.717, 1.165) is 39.2 Å².